The molecule has 7 heteroatoms. The molecule has 0 fully saturated rings. The second kappa shape index (κ2) is 4.95. The van der Waals surface area contributed by atoms with Gasteiger partial charge in [0.15, 0.2) is 0 Å². The van der Waals surface area contributed by atoms with Crippen molar-refractivity contribution in [2.75, 3.05) is 23.3 Å². The summed E-state index contributed by atoms with van der Waals surface area (Å²) in [6.45, 7) is 0.599. The zero-order valence-electron chi connectivity index (χ0n) is 7.60. The lowest BCUT2D eigenvalue weighted by Crippen LogP contribution is -2.10. The first kappa shape index (κ1) is 10.2. The van der Waals surface area contributed by atoms with Gasteiger partial charge in [0, 0.05) is 13.0 Å². The van der Waals surface area contributed by atoms with E-state index in [4.69, 9.17) is 11.5 Å². The zero-order valence-corrected chi connectivity index (χ0v) is 7.60. The molecule has 0 aliphatic rings. The first-order valence-corrected chi connectivity index (χ1v) is 4.17. The first-order chi connectivity index (χ1) is 6.72. The molecule has 1 rings (SSSR count). The van der Waals surface area contributed by atoms with Crippen LogP contribution in [0, 0.1) is 0 Å². The number of hydrogen-bond donors (Lipinski definition) is 3. The van der Waals surface area contributed by atoms with Crippen molar-refractivity contribution in [2.24, 2.45) is 0 Å². The molecule has 0 aromatic carbocycles. The van der Waals surface area contributed by atoms with Gasteiger partial charge in [-0.25, -0.2) is 0 Å². The molecule has 0 atom stereocenters. The predicted molar refractivity (Wildman–Crippen MR) is 52.4 cm³/mol. The standard InChI is InChI=1S/C7H12N6O/c8-5-11-6(9)13-7(12-5)10-3-1-2-4-14/h4H,1-3H2,(H5,8,9,10,11,12,13). The van der Waals surface area contributed by atoms with Gasteiger partial charge < -0.3 is 21.6 Å². The molecule has 14 heavy (non-hydrogen) atoms. The number of unbranched alkanes of at least 4 members (excludes halogenated alkanes) is 1. The minimum Gasteiger partial charge on any atom is -0.368 e. The molecule has 0 radical (unpaired) electrons. The van der Waals surface area contributed by atoms with Gasteiger partial charge in [0.25, 0.3) is 0 Å². The number of nitrogens with two attached hydrogens (primary N) is 2. The molecule has 0 saturated heterocycles. The molecule has 5 N–H and O–H groups in total. The predicted octanol–water partition coefficient (Wildman–Crippen LogP) is -0.573. The van der Waals surface area contributed by atoms with Crippen molar-refractivity contribution in [1.82, 2.24) is 15.0 Å². The van der Waals surface area contributed by atoms with E-state index < -0.39 is 0 Å². The van der Waals surface area contributed by atoms with Crippen molar-refractivity contribution in [3.05, 3.63) is 0 Å². The molecule has 1 aromatic rings. The van der Waals surface area contributed by atoms with E-state index >= 15 is 0 Å². The summed E-state index contributed by atoms with van der Waals surface area (Å²) in [5, 5.41) is 2.88. The van der Waals surface area contributed by atoms with E-state index in [-0.39, 0.29) is 11.9 Å². The van der Waals surface area contributed by atoms with Gasteiger partial charge in [-0.1, -0.05) is 0 Å². The topological polar surface area (TPSA) is 120 Å². The van der Waals surface area contributed by atoms with Crippen molar-refractivity contribution >= 4 is 24.1 Å². The second-order valence-corrected chi connectivity index (χ2v) is 2.61. The van der Waals surface area contributed by atoms with E-state index in [1.807, 2.05) is 0 Å². The molecule has 0 amide bonds. The number of nitrogen functional groups attached to an aromatic ring is 2. The molecule has 0 spiro atoms. The molecule has 0 aliphatic carbocycles. The highest BCUT2D eigenvalue weighted by Crippen LogP contribution is 2.03. The Bertz CT molecular complexity index is 295. The number of aromatic nitrogens is 3. The lowest BCUT2D eigenvalue weighted by Gasteiger charge is -2.03. The molecule has 1 aromatic heterocycles. The number of nitrogens with zero attached hydrogens (tertiary/aromatic N) is 3. The third kappa shape index (κ3) is 3.21. The number of nitrogens with one attached hydrogen (secondary N) is 1. The smallest absolute Gasteiger partial charge is 0.229 e. The molecule has 0 saturated carbocycles. The van der Waals surface area contributed by atoms with Crippen LogP contribution in [-0.4, -0.2) is 27.8 Å². The largest absolute Gasteiger partial charge is 0.368 e. The van der Waals surface area contributed by atoms with Gasteiger partial charge in [-0.15, -0.1) is 0 Å². The summed E-state index contributed by atoms with van der Waals surface area (Å²) in [6, 6.07) is 0. The number of rotatable bonds is 5. The Morgan fingerprint density at radius 2 is 1.86 bits per heavy atom. The second-order valence-electron chi connectivity index (χ2n) is 2.61. The minimum atomic E-state index is 0.0791. The van der Waals surface area contributed by atoms with Crippen molar-refractivity contribution in [3.63, 3.8) is 0 Å². The maximum atomic E-state index is 10.0. The minimum absolute atomic E-state index is 0.0791. The Hall–Kier alpha value is -1.92. The van der Waals surface area contributed by atoms with Crippen LogP contribution in [0.4, 0.5) is 17.8 Å². The lowest BCUT2D eigenvalue weighted by atomic mass is 10.3. The lowest BCUT2D eigenvalue weighted by molar-refractivity contribution is -0.107. The van der Waals surface area contributed by atoms with Crippen molar-refractivity contribution in [1.29, 1.82) is 0 Å². The molecule has 0 bridgehead atoms. The van der Waals surface area contributed by atoms with E-state index in [1.54, 1.807) is 0 Å². The van der Waals surface area contributed by atoms with Crippen LogP contribution in [0.2, 0.25) is 0 Å². The third-order valence-corrected chi connectivity index (χ3v) is 1.45. The van der Waals surface area contributed by atoms with Crippen LogP contribution in [0.1, 0.15) is 12.8 Å². The van der Waals surface area contributed by atoms with E-state index in [1.165, 1.54) is 0 Å². The number of hydrogen-bond acceptors (Lipinski definition) is 7. The van der Waals surface area contributed by atoms with Gasteiger partial charge in [-0.3, -0.25) is 0 Å². The normalized spacial score (nSPS) is 9.71. The van der Waals surface area contributed by atoms with Crippen LogP contribution < -0.4 is 16.8 Å². The summed E-state index contributed by atoms with van der Waals surface area (Å²) in [7, 11) is 0. The van der Waals surface area contributed by atoms with Crippen LogP contribution in [0.25, 0.3) is 0 Å². The fraction of sp³-hybridized carbons (Fsp3) is 0.429. The molecule has 76 valence electrons. The Morgan fingerprint density at radius 1 is 1.21 bits per heavy atom. The summed E-state index contributed by atoms with van der Waals surface area (Å²) < 4.78 is 0. The number of carbonyl (C=O) groups excluding carboxylic acids is 1. The van der Waals surface area contributed by atoms with Crippen LogP contribution in [0.15, 0.2) is 0 Å². The summed E-state index contributed by atoms with van der Waals surface area (Å²) in [4.78, 5) is 21.2. The van der Waals surface area contributed by atoms with E-state index in [2.05, 4.69) is 20.3 Å². The Morgan fingerprint density at radius 3 is 2.43 bits per heavy atom. The van der Waals surface area contributed by atoms with Gasteiger partial charge in [-0.2, -0.15) is 15.0 Å². The summed E-state index contributed by atoms with van der Waals surface area (Å²) in [6.07, 6.45) is 2.08. The first-order valence-electron chi connectivity index (χ1n) is 4.17. The summed E-state index contributed by atoms with van der Waals surface area (Å²) in [5.41, 5.74) is 10.7. The molecule has 1 heterocycles. The molecular weight excluding hydrogens is 184 g/mol. The highest BCUT2D eigenvalue weighted by atomic mass is 16.1. The van der Waals surface area contributed by atoms with Crippen molar-refractivity contribution in [3.8, 4) is 0 Å². The zero-order chi connectivity index (χ0) is 10.4. The van der Waals surface area contributed by atoms with Crippen LogP contribution >= 0.6 is 0 Å². The Kier molecular flexibility index (Phi) is 3.59. The van der Waals surface area contributed by atoms with Crippen LogP contribution in [0.5, 0.6) is 0 Å². The SMILES string of the molecule is Nc1nc(N)nc(NCCCC=O)n1. The number of aldehydes is 1. The third-order valence-electron chi connectivity index (χ3n) is 1.45. The molecule has 0 aliphatic heterocycles. The summed E-state index contributed by atoms with van der Waals surface area (Å²) >= 11 is 0. The fourth-order valence-electron chi connectivity index (χ4n) is 0.874. The van der Waals surface area contributed by atoms with Gasteiger partial charge in [-0.05, 0) is 6.42 Å². The van der Waals surface area contributed by atoms with Gasteiger partial charge in [0.1, 0.15) is 6.29 Å². The maximum absolute atomic E-state index is 10.0. The van der Waals surface area contributed by atoms with E-state index in [0.717, 1.165) is 12.7 Å². The fourth-order valence-corrected chi connectivity index (χ4v) is 0.874. The quantitative estimate of drug-likeness (QED) is 0.426. The average Bonchev–Trinajstić information content (AvgIpc) is 2.11. The Balaban J connectivity index is 2.46. The van der Waals surface area contributed by atoms with E-state index in [9.17, 15) is 4.79 Å². The monoisotopic (exact) mass is 196 g/mol. The molecule has 7 nitrogen and oxygen atoms in total. The van der Waals surface area contributed by atoms with Gasteiger partial charge in [0.2, 0.25) is 17.8 Å². The Labute approximate surface area is 80.9 Å². The molecule has 0 unspecified atom stereocenters. The maximum Gasteiger partial charge on any atom is 0.229 e. The summed E-state index contributed by atoms with van der Waals surface area (Å²) in [5.74, 6) is 0.492. The number of carbonyl (C=O) groups is 1. The highest BCUT2D eigenvalue weighted by Gasteiger charge is 1.99. The number of anilines is 3. The molecular formula is C7H12N6O. The van der Waals surface area contributed by atoms with Crippen molar-refractivity contribution in [2.45, 2.75) is 12.8 Å². The van der Waals surface area contributed by atoms with Crippen LogP contribution in [0.3, 0.4) is 0 Å². The highest BCUT2D eigenvalue weighted by molar-refractivity contribution is 5.49. The van der Waals surface area contributed by atoms with E-state index in [0.29, 0.717) is 18.9 Å². The van der Waals surface area contributed by atoms with Crippen molar-refractivity contribution < 1.29 is 4.79 Å². The van der Waals surface area contributed by atoms with Gasteiger partial charge >= 0.3 is 0 Å². The van der Waals surface area contributed by atoms with Gasteiger partial charge in [0.05, 0.1) is 0 Å². The average molecular weight is 196 g/mol. The van der Waals surface area contributed by atoms with Crippen LogP contribution in [-0.2, 0) is 4.79 Å².